The zero-order chi connectivity index (χ0) is 23.3. The molecular formula is C28H57NO2. The van der Waals surface area contributed by atoms with Crippen molar-refractivity contribution in [3.05, 3.63) is 12.2 Å². The molecule has 0 aliphatic heterocycles. The van der Waals surface area contributed by atoms with Crippen LogP contribution < -0.4 is 5.73 Å². The van der Waals surface area contributed by atoms with Gasteiger partial charge in [0.2, 0.25) is 0 Å². The highest BCUT2D eigenvalue weighted by Gasteiger charge is 1.96. The quantitative estimate of drug-likeness (QED) is 0.123. The molecular weight excluding hydrogens is 382 g/mol. The van der Waals surface area contributed by atoms with Gasteiger partial charge in [-0.05, 0) is 45.1 Å². The Balaban J connectivity index is 0. The van der Waals surface area contributed by atoms with E-state index in [1.807, 2.05) is 0 Å². The molecule has 3 heteroatoms. The van der Waals surface area contributed by atoms with Crippen LogP contribution in [0.2, 0.25) is 0 Å². The van der Waals surface area contributed by atoms with E-state index in [4.69, 9.17) is 10.8 Å². The number of allylic oxidation sites excluding steroid dienone is 2. The number of carboxylic acid groups (broad SMARTS) is 1. The van der Waals surface area contributed by atoms with Crippen LogP contribution in [0, 0.1) is 0 Å². The van der Waals surface area contributed by atoms with Gasteiger partial charge in [-0.1, -0.05) is 122 Å². The van der Waals surface area contributed by atoms with Crippen LogP contribution in [-0.2, 0) is 4.79 Å². The Kier molecular flexibility index (Phi) is 32.7. The van der Waals surface area contributed by atoms with Crippen molar-refractivity contribution in [2.75, 3.05) is 6.54 Å². The molecule has 0 aromatic heterocycles. The average molecular weight is 440 g/mol. The fourth-order valence-electron chi connectivity index (χ4n) is 3.63. The number of unbranched alkanes of at least 4 members (excludes halogenated alkanes) is 18. The van der Waals surface area contributed by atoms with Gasteiger partial charge in [0.1, 0.15) is 0 Å². The molecule has 186 valence electrons. The summed E-state index contributed by atoms with van der Waals surface area (Å²) in [5, 5.41) is 8.51. The van der Waals surface area contributed by atoms with E-state index in [1.165, 1.54) is 122 Å². The van der Waals surface area contributed by atoms with Gasteiger partial charge in [-0.3, -0.25) is 4.79 Å². The first-order valence-corrected chi connectivity index (χ1v) is 13.8. The summed E-state index contributed by atoms with van der Waals surface area (Å²) in [5.74, 6) is -0.664. The molecule has 0 unspecified atom stereocenters. The highest BCUT2D eigenvalue weighted by atomic mass is 16.4. The van der Waals surface area contributed by atoms with E-state index >= 15 is 0 Å². The van der Waals surface area contributed by atoms with Crippen LogP contribution in [0.1, 0.15) is 155 Å². The molecule has 31 heavy (non-hydrogen) atoms. The van der Waals surface area contributed by atoms with Crippen LogP contribution in [-0.4, -0.2) is 17.6 Å². The Bertz CT molecular complexity index is 347. The van der Waals surface area contributed by atoms with E-state index in [2.05, 4.69) is 26.0 Å². The van der Waals surface area contributed by atoms with E-state index in [-0.39, 0.29) is 0 Å². The molecule has 0 saturated heterocycles. The van der Waals surface area contributed by atoms with E-state index in [1.54, 1.807) is 0 Å². The summed E-state index contributed by atoms with van der Waals surface area (Å²) in [4.78, 5) is 10.3. The lowest BCUT2D eigenvalue weighted by atomic mass is 10.1. The van der Waals surface area contributed by atoms with Gasteiger partial charge < -0.3 is 10.8 Å². The molecule has 0 spiro atoms. The third-order valence-corrected chi connectivity index (χ3v) is 5.71. The van der Waals surface area contributed by atoms with E-state index < -0.39 is 5.97 Å². The second kappa shape index (κ2) is 31.4. The topological polar surface area (TPSA) is 63.3 Å². The Morgan fingerprint density at radius 1 is 0.581 bits per heavy atom. The lowest BCUT2D eigenvalue weighted by Crippen LogP contribution is -1.97. The summed E-state index contributed by atoms with van der Waals surface area (Å²) >= 11 is 0. The molecule has 0 saturated carbocycles. The van der Waals surface area contributed by atoms with E-state index in [9.17, 15) is 4.79 Å². The number of nitrogens with two attached hydrogens (primary N) is 1. The number of hydrogen-bond acceptors (Lipinski definition) is 2. The van der Waals surface area contributed by atoms with Gasteiger partial charge >= 0.3 is 5.97 Å². The minimum absolute atomic E-state index is 0.332. The van der Waals surface area contributed by atoms with Gasteiger partial charge in [-0.15, -0.1) is 0 Å². The standard InChI is InChI=1S/C18H34O2.C10H23N/c1-2-3-4-5-6-7-8-9-10-11-12-13-14-15-16-17-18(19)20;1-2-3-4-5-6-7-8-9-10-11/h9-10H,2-8,11-17H2,1H3,(H,19,20);2-11H2,1H3/b10-9-;. The van der Waals surface area contributed by atoms with Crippen LogP contribution in [0.4, 0.5) is 0 Å². The van der Waals surface area contributed by atoms with Crippen molar-refractivity contribution in [2.45, 2.75) is 155 Å². The van der Waals surface area contributed by atoms with Crippen molar-refractivity contribution in [1.29, 1.82) is 0 Å². The SMILES string of the molecule is CCCCCCCC/C=C\CCCCCCCC(=O)O.CCCCCCCCCCN. The predicted octanol–water partition coefficient (Wildman–Crippen LogP) is 9.19. The van der Waals surface area contributed by atoms with Gasteiger partial charge in [0, 0.05) is 6.42 Å². The Labute approximate surface area is 195 Å². The first-order valence-electron chi connectivity index (χ1n) is 13.8. The van der Waals surface area contributed by atoms with Crippen molar-refractivity contribution in [3.8, 4) is 0 Å². The van der Waals surface area contributed by atoms with Gasteiger partial charge in [0.15, 0.2) is 0 Å². The highest BCUT2D eigenvalue weighted by molar-refractivity contribution is 5.66. The number of rotatable bonds is 23. The van der Waals surface area contributed by atoms with E-state index in [0.717, 1.165) is 19.4 Å². The molecule has 0 atom stereocenters. The Hall–Kier alpha value is -0.830. The first-order chi connectivity index (χ1) is 15.2. The zero-order valence-electron chi connectivity index (χ0n) is 21.4. The minimum Gasteiger partial charge on any atom is -0.481 e. The van der Waals surface area contributed by atoms with Gasteiger partial charge in [-0.25, -0.2) is 0 Å². The molecule has 0 fully saturated rings. The monoisotopic (exact) mass is 439 g/mol. The number of carboxylic acids is 1. The highest BCUT2D eigenvalue weighted by Crippen LogP contribution is 2.10. The Morgan fingerprint density at radius 3 is 1.32 bits per heavy atom. The molecule has 0 rings (SSSR count). The summed E-state index contributed by atoms with van der Waals surface area (Å²) in [6.45, 7) is 5.39. The largest absolute Gasteiger partial charge is 0.481 e. The van der Waals surface area contributed by atoms with Crippen molar-refractivity contribution < 1.29 is 9.90 Å². The maximum Gasteiger partial charge on any atom is 0.303 e. The molecule has 3 nitrogen and oxygen atoms in total. The summed E-state index contributed by atoms with van der Waals surface area (Å²) < 4.78 is 0. The summed E-state index contributed by atoms with van der Waals surface area (Å²) in [6.07, 6.45) is 32.2. The summed E-state index contributed by atoms with van der Waals surface area (Å²) in [5.41, 5.74) is 5.39. The number of hydrogen-bond donors (Lipinski definition) is 2. The van der Waals surface area contributed by atoms with Crippen LogP contribution in [0.15, 0.2) is 12.2 Å². The molecule has 0 aliphatic carbocycles. The third kappa shape index (κ3) is 36.9. The van der Waals surface area contributed by atoms with Gasteiger partial charge in [0.05, 0.1) is 0 Å². The lowest BCUT2D eigenvalue weighted by molar-refractivity contribution is -0.137. The molecule has 0 amide bonds. The fraction of sp³-hybridized carbons (Fsp3) is 0.893. The normalized spacial score (nSPS) is 10.9. The second-order valence-corrected chi connectivity index (χ2v) is 8.99. The second-order valence-electron chi connectivity index (χ2n) is 8.99. The number of aliphatic carboxylic acids is 1. The van der Waals surface area contributed by atoms with Crippen molar-refractivity contribution >= 4 is 5.97 Å². The summed E-state index contributed by atoms with van der Waals surface area (Å²) in [6, 6.07) is 0. The molecule has 0 aliphatic rings. The first kappa shape index (κ1) is 32.4. The lowest BCUT2D eigenvalue weighted by Gasteiger charge is -1.99. The van der Waals surface area contributed by atoms with Gasteiger partial charge in [0.25, 0.3) is 0 Å². The maximum atomic E-state index is 10.3. The van der Waals surface area contributed by atoms with Crippen molar-refractivity contribution in [2.24, 2.45) is 5.73 Å². The smallest absolute Gasteiger partial charge is 0.303 e. The molecule has 0 radical (unpaired) electrons. The minimum atomic E-state index is -0.664. The molecule has 0 heterocycles. The predicted molar refractivity (Wildman–Crippen MR) is 139 cm³/mol. The molecule has 0 aromatic rings. The van der Waals surface area contributed by atoms with Crippen molar-refractivity contribution in [3.63, 3.8) is 0 Å². The van der Waals surface area contributed by atoms with Crippen LogP contribution >= 0.6 is 0 Å². The Morgan fingerprint density at radius 2 is 0.935 bits per heavy atom. The zero-order valence-corrected chi connectivity index (χ0v) is 21.4. The van der Waals surface area contributed by atoms with Crippen LogP contribution in [0.3, 0.4) is 0 Å². The van der Waals surface area contributed by atoms with E-state index in [0.29, 0.717) is 6.42 Å². The maximum absolute atomic E-state index is 10.3. The molecule has 0 bridgehead atoms. The molecule has 3 N–H and O–H groups in total. The van der Waals surface area contributed by atoms with Crippen LogP contribution in [0.25, 0.3) is 0 Å². The average Bonchev–Trinajstić information content (AvgIpc) is 2.76. The fourth-order valence-corrected chi connectivity index (χ4v) is 3.63. The molecule has 0 aromatic carbocycles. The summed E-state index contributed by atoms with van der Waals surface area (Å²) in [7, 11) is 0. The van der Waals surface area contributed by atoms with Crippen LogP contribution in [0.5, 0.6) is 0 Å². The third-order valence-electron chi connectivity index (χ3n) is 5.71. The van der Waals surface area contributed by atoms with Crippen molar-refractivity contribution in [1.82, 2.24) is 0 Å². The number of carbonyl (C=O) groups is 1. The van der Waals surface area contributed by atoms with Gasteiger partial charge in [-0.2, -0.15) is 0 Å².